The van der Waals surface area contributed by atoms with Gasteiger partial charge in [0.1, 0.15) is 0 Å². The maximum atomic E-state index is 5.87. The second-order valence-electron chi connectivity index (χ2n) is 4.63. The van der Waals surface area contributed by atoms with Gasteiger partial charge in [-0.1, -0.05) is 11.6 Å². The van der Waals surface area contributed by atoms with E-state index in [4.69, 9.17) is 16.3 Å². The van der Waals surface area contributed by atoms with Gasteiger partial charge in [0.05, 0.1) is 0 Å². The van der Waals surface area contributed by atoms with Gasteiger partial charge < -0.3 is 15.4 Å². The van der Waals surface area contributed by atoms with Crippen LogP contribution in [0.4, 0.5) is 0 Å². The average Bonchev–Trinajstić information content (AvgIpc) is 2.54. The lowest BCUT2D eigenvalue weighted by molar-refractivity contribution is 0.143. The van der Waals surface area contributed by atoms with Gasteiger partial charge in [0.15, 0.2) is 5.96 Å². The number of guanidine groups is 1. The summed E-state index contributed by atoms with van der Waals surface area (Å²) in [5, 5.41) is 7.40. The highest BCUT2D eigenvalue weighted by atomic mass is 127. The Hall–Kier alpha value is -0.180. The van der Waals surface area contributed by atoms with Crippen LogP contribution in [0.2, 0.25) is 5.02 Å². The maximum absolute atomic E-state index is 5.87. The fraction of sp³-hybridized carbons (Fsp3) is 0.562. The molecule has 0 spiro atoms. The van der Waals surface area contributed by atoms with Crippen molar-refractivity contribution < 1.29 is 4.74 Å². The standard InChI is InChI=1S/C16H26ClN3OS.HI/c1-3-21-12-5-4-10-19-16(18-2)20-11-13-22-15-8-6-14(17)7-9-15;/h6-9H,3-5,10-13H2,1-2H3,(H2,18,19,20);1H. The van der Waals surface area contributed by atoms with Crippen LogP contribution < -0.4 is 10.6 Å². The predicted molar refractivity (Wildman–Crippen MR) is 113 cm³/mol. The molecule has 0 heterocycles. The van der Waals surface area contributed by atoms with Crippen molar-refractivity contribution in [2.45, 2.75) is 24.7 Å². The number of aliphatic imine (C=N–C) groups is 1. The monoisotopic (exact) mass is 471 g/mol. The summed E-state index contributed by atoms with van der Waals surface area (Å²) >= 11 is 7.67. The van der Waals surface area contributed by atoms with Gasteiger partial charge in [0, 0.05) is 49.0 Å². The number of unbranched alkanes of at least 4 members (excludes halogenated alkanes) is 1. The van der Waals surface area contributed by atoms with Crippen LogP contribution in [0.1, 0.15) is 19.8 Å². The first-order valence-electron chi connectivity index (χ1n) is 7.67. The lowest BCUT2D eigenvalue weighted by atomic mass is 10.3. The molecular formula is C16H27ClIN3OS. The van der Waals surface area contributed by atoms with Gasteiger partial charge in [-0.05, 0) is 44.0 Å². The van der Waals surface area contributed by atoms with Crippen molar-refractivity contribution in [3.63, 3.8) is 0 Å². The number of ether oxygens (including phenoxy) is 1. The number of nitrogens with one attached hydrogen (secondary N) is 2. The van der Waals surface area contributed by atoms with E-state index in [1.807, 2.05) is 31.2 Å². The van der Waals surface area contributed by atoms with Gasteiger partial charge in [-0.2, -0.15) is 0 Å². The topological polar surface area (TPSA) is 45.6 Å². The summed E-state index contributed by atoms with van der Waals surface area (Å²) in [6, 6.07) is 7.91. The Labute approximate surface area is 166 Å². The summed E-state index contributed by atoms with van der Waals surface area (Å²) in [4.78, 5) is 5.44. The van der Waals surface area contributed by atoms with E-state index in [0.29, 0.717) is 0 Å². The Morgan fingerprint density at radius 1 is 1.17 bits per heavy atom. The first-order valence-corrected chi connectivity index (χ1v) is 9.03. The molecule has 1 rings (SSSR count). The summed E-state index contributed by atoms with van der Waals surface area (Å²) in [5.41, 5.74) is 0. The summed E-state index contributed by atoms with van der Waals surface area (Å²) in [5.74, 6) is 1.83. The van der Waals surface area contributed by atoms with Gasteiger partial charge >= 0.3 is 0 Å². The fourth-order valence-electron chi connectivity index (χ4n) is 1.77. The first-order chi connectivity index (χ1) is 10.8. The summed E-state index contributed by atoms with van der Waals surface area (Å²) in [6.45, 7) is 5.43. The summed E-state index contributed by atoms with van der Waals surface area (Å²) in [7, 11) is 1.79. The lowest BCUT2D eigenvalue weighted by Gasteiger charge is -2.11. The smallest absolute Gasteiger partial charge is 0.191 e. The van der Waals surface area contributed by atoms with Crippen molar-refractivity contribution in [2.75, 3.05) is 39.1 Å². The summed E-state index contributed by atoms with van der Waals surface area (Å²) < 4.78 is 5.31. The van der Waals surface area contributed by atoms with E-state index < -0.39 is 0 Å². The van der Waals surface area contributed by atoms with Crippen molar-refractivity contribution in [1.82, 2.24) is 10.6 Å². The third-order valence-corrected chi connectivity index (χ3v) is 4.18. The molecule has 132 valence electrons. The molecule has 4 nitrogen and oxygen atoms in total. The van der Waals surface area contributed by atoms with E-state index >= 15 is 0 Å². The summed E-state index contributed by atoms with van der Waals surface area (Å²) in [6.07, 6.45) is 2.16. The van der Waals surface area contributed by atoms with Crippen LogP contribution in [-0.2, 0) is 4.74 Å². The Kier molecular flexibility index (Phi) is 15.2. The van der Waals surface area contributed by atoms with Crippen LogP contribution >= 0.6 is 47.3 Å². The average molecular weight is 472 g/mol. The molecule has 0 saturated carbocycles. The second kappa shape index (κ2) is 15.4. The fourth-order valence-corrected chi connectivity index (χ4v) is 2.66. The third kappa shape index (κ3) is 11.9. The van der Waals surface area contributed by atoms with Crippen LogP contribution in [0, 0.1) is 0 Å². The highest BCUT2D eigenvalue weighted by molar-refractivity contribution is 14.0. The van der Waals surface area contributed by atoms with Crippen LogP contribution in [0.5, 0.6) is 0 Å². The zero-order valence-electron chi connectivity index (χ0n) is 13.8. The first kappa shape index (κ1) is 22.8. The van der Waals surface area contributed by atoms with E-state index in [1.165, 1.54) is 4.90 Å². The number of thioether (sulfide) groups is 1. The molecule has 7 heteroatoms. The lowest BCUT2D eigenvalue weighted by Crippen LogP contribution is -2.38. The molecule has 0 aliphatic carbocycles. The van der Waals surface area contributed by atoms with Crippen molar-refractivity contribution in [3.05, 3.63) is 29.3 Å². The number of hydrogen-bond acceptors (Lipinski definition) is 3. The zero-order valence-corrected chi connectivity index (χ0v) is 17.7. The Balaban J connectivity index is 0.00000484. The van der Waals surface area contributed by atoms with Crippen LogP contribution in [0.3, 0.4) is 0 Å². The van der Waals surface area contributed by atoms with E-state index in [-0.39, 0.29) is 24.0 Å². The van der Waals surface area contributed by atoms with Crippen molar-refractivity contribution in [2.24, 2.45) is 4.99 Å². The SMILES string of the molecule is CCOCCCCNC(=NC)NCCSc1ccc(Cl)cc1.I. The molecule has 0 radical (unpaired) electrons. The minimum absolute atomic E-state index is 0. The maximum Gasteiger partial charge on any atom is 0.191 e. The number of benzene rings is 1. The van der Waals surface area contributed by atoms with E-state index in [1.54, 1.807) is 18.8 Å². The molecule has 0 amide bonds. The number of nitrogens with zero attached hydrogens (tertiary/aromatic N) is 1. The van der Waals surface area contributed by atoms with Gasteiger partial charge in [0.2, 0.25) is 0 Å². The molecular weight excluding hydrogens is 445 g/mol. The molecule has 0 aliphatic rings. The molecule has 0 unspecified atom stereocenters. The Bertz CT molecular complexity index is 432. The third-order valence-electron chi connectivity index (χ3n) is 2.91. The molecule has 0 fully saturated rings. The van der Waals surface area contributed by atoms with Crippen LogP contribution in [0.15, 0.2) is 34.2 Å². The molecule has 0 saturated heterocycles. The molecule has 0 aromatic heterocycles. The van der Waals surface area contributed by atoms with E-state index in [2.05, 4.69) is 15.6 Å². The molecule has 1 aromatic carbocycles. The highest BCUT2D eigenvalue weighted by Gasteiger charge is 1.98. The molecule has 0 atom stereocenters. The van der Waals surface area contributed by atoms with Gasteiger partial charge in [0.25, 0.3) is 0 Å². The molecule has 0 aliphatic heterocycles. The van der Waals surface area contributed by atoms with E-state index in [0.717, 1.165) is 55.9 Å². The number of rotatable bonds is 10. The van der Waals surface area contributed by atoms with Crippen LogP contribution in [0.25, 0.3) is 0 Å². The number of hydrogen-bond donors (Lipinski definition) is 2. The minimum Gasteiger partial charge on any atom is -0.382 e. The number of halogens is 2. The second-order valence-corrected chi connectivity index (χ2v) is 6.24. The molecule has 23 heavy (non-hydrogen) atoms. The Morgan fingerprint density at radius 2 is 1.87 bits per heavy atom. The normalized spacial score (nSPS) is 11.0. The van der Waals surface area contributed by atoms with Crippen LogP contribution in [-0.4, -0.2) is 45.1 Å². The van der Waals surface area contributed by atoms with Gasteiger partial charge in [-0.3, -0.25) is 4.99 Å². The quantitative estimate of drug-likeness (QED) is 0.178. The largest absolute Gasteiger partial charge is 0.382 e. The minimum atomic E-state index is 0. The van der Waals surface area contributed by atoms with Gasteiger partial charge in [-0.15, -0.1) is 35.7 Å². The molecule has 1 aromatic rings. The molecule has 2 N–H and O–H groups in total. The molecule has 0 bridgehead atoms. The van der Waals surface area contributed by atoms with Crippen molar-refractivity contribution in [3.8, 4) is 0 Å². The Morgan fingerprint density at radius 3 is 2.52 bits per heavy atom. The van der Waals surface area contributed by atoms with Crippen molar-refractivity contribution >= 4 is 53.3 Å². The van der Waals surface area contributed by atoms with Crippen molar-refractivity contribution in [1.29, 1.82) is 0 Å². The predicted octanol–water partition coefficient (Wildman–Crippen LogP) is 4.03. The highest BCUT2D eigenvalue weighted by Crippen LogP contribution is 2.19. The van der Waals surface area contributed by atoms with Gasteiger partial charge in [-0.25, -0.2) is 0 Å². The van der Waals surface area contributed by atoms with E-state index in [9.17, 15) is 0 Å². The zero-order chi connectivity index (χ0) is 16.0.